The van der Waals surface area contributed by atoms with Gasteiger partial charge in [-0.1, -0.05) is 35.1 Å². The van der Waals surface area contributed by atoms with Crippen LogP contribution in [-0.2, 0) is 7.05 Å². The lowest BCUT2D eigenvalue weighted by molar-refractivity contribution is 0.762. The first-order chi connectivity index (χ1) is 6.66. The van der Waals surface area contributed by atoms with Crippen molar-refractivity contribution in [2.45, 2.75) is 0 Å². The number of aromatic nitrogens is 2. The van der Waals surface area contributed by atoms with Crippen LogP contribution in [0.15, 0.2) is 24.3 Å². The molecule has 0 aliphatic rings. The number of hydrogen-bond acceptors (Lipinski definition) is 3. The number of nitrogens with zero attached hydrogens (tertiary/aromatic N) is 2. The van der Waals surface area contributed by atoms with E-state index in [0.717, 1.165) is 19.5 Å². The van der Waals surface area contributed by atoms with Gasteiger partial charge in [-0.2, -0.15) is 5.10 Å². The predicted octanol–water partition coefficient (Wildman–Crippen LogP) is 3.53. The largest absolute Gasteiger partial charge is 0.247 e. The molecule has 2 aromatic rings. The van der Waals surface area contributed by atoms with Crippen molar-refractivity contribution in [2.24, 2.45) is 7.05 Å². The molecule has 0 spiro atoms. The van der Waals surface area contributed by atoms with Crippen molar-refractivity contribution in [2.75, 3.05) is 0 Å². The van der Waals surface area contributed by atoms with Gasteiger partial charge in [0.1, 0.15) is 5.01 Å². The molecule has 0 unspecified atom stereocenters. The van der Waals surface area contributed by atoms with Gasteiger partial charge in [0.05, 0.1) is 0 Å². The number of rotatable bonds is 1. The zero-order chi connectivity index (χ0) is 10.1. The summed E-state index contributed by atoms with van der Waals surface area (Å²) in [7, 11) is 1.85. The molecule has 0 aliphatic carbocycles. The van der Waals surface area contributed by atoms with Gasteiger partial charge in [-0.25, -0.2) is 4.68 Å². The predicted molar refractivity (Wildman–Crippen MR) is 62.4 cm³/mol. The lowest BCUT2D eigenvalue weighted by Crippen LogP contribution is -1.89. The normalized spacial score (nSPS) is 10.4. The summed E-state index contributed by atoms with van der Waals surface area (Å²) in [5.74, 6) is 0. The van der Waals surface area contributed by atoms with Crippen molar-refractivity contribution in [3.63, 3.8) is 0 Å². The Bertz CT molecular complexity index is 498. The van der Waals surface area contributed by atoms with E-state index in [9.17, 15) is 0 Å². The molecule has 14 heavy (non-hydrogen) atoms. The molecule has 1 aromatic heterocycles. The Morgan fingerprint density at radius 3 is 2.50 bits per heavy atom. The van der Waals surface area contributed by atoms with E-state index in [-0.39, 0.29) is 0 Å². The van der Waals surface area contributed by atoms with Gasteiger partial charge in [-0.05, 0) is 24.4 Å². The van der Waals surface area contributed by atoms with Gasteiger partial charge in [0.25, 0.3) is 0 Å². The monoisotopic (exact) mass is 242 g/mol. The van der Waals surface area contributed by atoms with E-state index in [4.69, 9.17) is 23.8 Å². The number of hydrogen-bond donors (Lipinski definition) is 0. The molecule has 1 heterocycles. The lowest BCUT2D eigenvalue weighted by Gasteiger charge is -1.94. The minimum Gasteiger partial charge on any atom is -0.247 e. The van der Waals surface area contributed by atoms with Gasteiger partial charge in [0, 0.05) is 17.6 Å². The van der Waals surface area contributed by atoms with Crippen LogP contribution < -0.4 is 0 Å². The molecule has 2 nitrogen and oxygen atoms in total. The maximum Gasteiger partial charge on any atom is 0.179 e. The van der Waals surface area contributed by atoms with Crippen LogP contribution in [0.25, 0.3) is 10.6 Å². The Labute approximate surface area is 95.8 Å². The first-order valence-electron chi connectivity index (χ1n) is 3.97. The standard InChI is InChI=1S/C9H7ClN2S2/c1-12-9(13)14-8(11-12)6-2-4-7(10)5-3-6/h2-5H,1H3. The fourth-order valence-electron chi connectivity index (χ4n) is 1.06. The molecule has 2 rings (SSSR count). The summed E-state index contributed by atoms with van der Waals surface area (Å²) in [6, 6.07) is 7.58. The van der Waals surface area contributed by atoms with Crippen molar-refractivity contribution in [1.82, 2.24) is 9.78 Å². The second kappa shape index (κ2) is 3.81. The van der Waals surface area contributed by atoms with Gasteiger partial charge >= 0.3 is 0 Å². The summed E-state index contributed by atoms with van der Waals surface area (Å²) in [4.78, 5) is 0. The SMILES string of the molecule is Cn1nc(-c2ccc(Cl)cc2)sc1=S. The third-order valence-electron chi connectivity index (χ3n) is 1.78. The van der Waals surface area contributed by atoms with Crippen molar-refractivity contribution in [3.05, 3.63) is 33.2 Å². The molecular formula is C9H7ClN2S2. The highest BCUT2D eigenvalue weighted by molar-refractivity contribution is 7.73. The third-order valence-corrected chi connectivity index (χ3v) is 3.50. The van der Waals surface area contributed by atoms with E-state index in [0.29, 0.717) is 0 Å². The van der Waals surface area contributed by atoms with Crippen molar-refractivity contribution < 1.29 is 0 Å². The molecule has 0 radical (unpaired) electrons. The third kappa shape index (κ3) is 1.87. The van der Waals surface area contributed by atoms with Crippen molar-refractivity contribution in [1.29, 1.82) is 0 Å². The highest BCUT2D eigenvalue weighted by Gasteiger charge is 2.03. The number of halogens is 1. The van der Waals surface area contributed by atoms with E-state index in [2.05, 4.69) is 5.10 Å². The van der Waals surface area contributed by atoms with Crippen LogP contribution in [0.5, 0.6) is 0 Å². The zero-order valence-electron chi connectivity index (χ0n) is 7.40. The van der Waals surface area contributed by atoms with Crippen LogP contribution in [-0.4, -0.2) is 9.78 Å². The average Bonchev–Trinajstić information content (AvgIpc) is 2.48. The second-order valence-electron chi connectivity index (χ2n) is 2.80. The molecule has 72 valence electrons. The molecule has 0 fully saturated rings. The Kier molecular flexibility index (Phi) is 2.67. The van der Waals surface area contributed by atoms with E-state index < -0.39 is 0 Å². The van der Waals surface area contributed by atoms with Gasteiger partial charge in [-0.3, -0.25) is 0 Å². The molecule has 1 aromatic carbocycles. The molecule has 0 N–H and O–H groups in total. The lowest BCUT2D eigenvalue weighted by atomic mass is 10.2. The summed E-state index contributed by atoms with van der Waals surface area (Å²) in [6.07, 6.45) is 0. The van der Waals surface area contributed by atoms with Gasteiger partial charge in [-0.15, -0.1) is 0 Å². The van der Waals surface area contributed by atoms with Crippen LogP contribution in [0.1, 0.15) is 0 Å². The molecule has 0 aliphatic heterocycles. The molecule has 5 heteroatoms. The summed E-state index contributed by atoms with van der Waals surface area (Å²) in [6.45, 7) is 0. The average molecular weight is 243 g/mol. The van der Waals surface area contributed by atoms with Crippen molar-refractivity contribution in [3.8, 4) is 10.6 Å². The van der Waals surface area contributed by atoms with Crippen LogP contribution in [0.4, 0.5) is 0 Å². The van der Waals surface area contributed by atoms with Gasteiger partial charge in [0.15, 0.2) is 3.95 Å². The Morgan fingerprint density at radius 1 is 1.36 bits per heavy atom. The minimum atomic E-state index is 0.730. The molecule has 0 bridgehead atoms. The van der Waals surface area contributed by atoms with Crippen LogP contribution in [0.3, 0.4) is 0 Å². The molecule has 0 saturated heterocycles. The fourth-order valence-corrected chi connectivity index (χ4v) is 2.21. The molecular weight excluding hydrogens is 236 g/mol. The quantitative estimate of drug-likeness (QED) is 0.712. The molecule has 0 saturated carbocycles. The highest BCUT2D eigenvalue weighted by atomic mass is 35.5. The Morgan fingerprint density at radius 2 is 2.00 bits per heavy atom. The van der Waals surface area contributed by atoms with E-state index in [1.54, 1.807) is 4.68 Å². The topological polar surface area (TPSA) is 17.8 Å². The van der Waals surface area contributed by atoms with Gasteiger partial charge < -0.3 is 0 Å². The molecule has 0 amide bonds. The zero-order valence-corrected chi connectivity index (χ0v) is 9.79. The van der Waals surface area contributed by atoms with E-state index in [1.165, 1.54) is 11.3 Å². The van der Waals surface area contributed by atoms with Crippen LogP contribution in [0.2, 0.25) is 5.02 Å². The van der Waals surface area contributed by atoms with Gasteiger partial charge in [0.2, 0.25) is 0 Å². The summed E-state index contributed by atoms with van der Waals surface area (Å²) in [5, 5.41) is 5.95. The number of benzene rings is 1. The highest BCUT2D eigenvalue weighted by Crippen LogP contribution is 2.23. The summed E-state index contributed by atoms with van der Waals surface area (Å²) in [5.41, 5.74) is 1.05. The minimum absolute atomic E-state index is 0.730. The number of aryl methyl sites for hydroxylation is 1. The first-order valence-corrected chi connectivity index (χ1v) is 5.57. The van der Waals surface area contributed by atoms with E-state index >= 15 is 0 Å². The maximum atomic E-state index is 5.79. The fraction of sp³-hybridized carbons (Fsp3) is 0.111. The smallest absolute Gasteiger partial charge is 0.179 e. The molecule has 0 atom stereocenters. The second-order valence-corrected chi connectivity index (χ2v) is 4.86. The Balaban J connectivity index is 2.49. The Hall–Kier alpha value is -0.710. The van der Waals surface area contributed by atoms with Crippen LogP contribution >= 0.6 is 35.2 Å². The summed E-state index contributed by atoms with van der Waals surface area (Å²) < 4.78 is 2.47. The van der Waals surface area contributed by atoms with E-state index in [1.807, 2.05) is 31.3 Å². The maximum absolute atomic E-state index is 5.79. The van der Waals surface area contributed by atoms with Crippen molar-refractivity contribution >= 4 is 35.2 Å². The first kappa shape index (κ1) is 9.83. The summed E-state index contributed by atoms with van der Waals surface area (Å²) >= 11 is 12.4. The van der Waals surface area contributed by atoms with Crippen LogP contribution in [0, 0.1) is 3.95 Å².